The molecular weight excluding hydrogens is 366 g/mol. The molecule has 7 nitrogen and oxygen atoms in total. The van der Waals surface area contributed by atoms with E-state index in [1.54, 1.807) is 12.4 Å². The number of piperidine rings is 1. The Hall–Kier alpha value is -2.18. The highest BCUT2D eigenvalue weighted by molar-refractivity contribution is 5.87. The van der Waals surface area contributed by atoms with Crippen molar-refractivity contribution in [3.05, 3.63) is 18.5 Å². The first-order valence-corrected chi connectivity index (χ1v) is 11.0. The van der Waals surface area contributed by atoms with Crippen LogP contribution in [0, 0.1) is 16.7 Å². The Balaban J connectivity index is 1.60. The highest BCUT2D eigenvalue weighted by Gasteiger charge is 2.65. The van der Waals surface area contributed by atoms with Gasteiger partial charge in [-0.3, -0.25) is 9.59 Å². The van der Waals surface area contributed by atoms with Crippen molar-refractivity contribution in [3.63, 3.8) is 0 Å². The summed E-state index contributed by atoms with van der Waals surface area (Å²) in [6.07, 6.45) is 6.78. The van der Waals surface area contributed by atoms with E-state index >= 15 is 0 Å². The molecule has 3 aliphatic heterocycles. The molecule has 0 N–H and O–H groups in total. The molecule has 1 aromatic heterocycles. The van der Waals surface area contributed by atoms with E-state index in [0.29, 0.717) is 30.7 Å². The summed E-state index contributed by atoms with van der Waals surface area (Å²) in [7, 11) is 0. The number of amides is 2. The third-order valence-corrected chi connectivity index (χ3v) is 7.35. The van der Waals surface area contributed by atoms with Crippen molar-refractivity contribution in [2.75, 3.05) is 44.2 Å². The van der Waals surface area contributed by atoms with Crippen LogP contribution >= 0.6 is 0 Å². The lowest BCUT2D eigenvalue weighted by atomic mass is 9.60. The second kappa shape index (κ2) is 7.58. The van der Waals surface area contributed by atoms with Crippen LogP contribution in [0.4, 0.5) is 5.95 Å². The molecule has 4 rings (SSSR count). The van der Waals surface area contributed by atoms with Crippen LogP contribution in [0.15, 0.2) is 18.5 Å². The molecule has 4 heterocycles. The van der Waals surface area contributed by atoms with Crippen LogP contribution in [0.2, 0.25) is 0 Å². The Labute approximate surface area is 173 Å². The van der Waals surface area contributed by atoms with Gasteiger partial charge in [-0.2, -0.15) is 0 Å². The van der Waals surface area contributed by atoms with E-state index in [4.69, 9.17) is 0 Å². The fraction of sp³-hybridized carbons (Fsp3) is 0.727. The number of hydrogen-bond donors (Lipinski definition) is 0. The van der Waals surface area contributed by atoms with Crippen molar-refractivity contribution in [1.29, 1.82) is 0 Å². The number of nitrogens with zero attached hydrogens (tertiary/aromatic N) is 5. The predicted octanol–water partition coefficient (Wildman–Crippen LogP) is 2.19. The molecule has 7 heteroatoms. The molecule has 1 aromatic rings. The van der Waals surface area contributed by atoms with E-state index in [0.717, 1.165) is 52.0 Å². The van der Waals surface area contributed by atoms with Crippen LogP contribution in [0.5, 0.6) is 0 Å². The zero-order chi connectivity index (χ0) is 20.6. The minimum absolute atomic E-state index is 0.109. The van der Waals surface area contributed by atoms with E-state index in [1.165, 1.54) is 0 Å². The van der Waals surface area contributed by atoms with Crippen LogP contribution in [0.3, 0.4) is 0 Å². The molecule has 1 unspecified atom stereocenters. The van der Waals surface area contributed by atoms with E-state index in [2.05, 4.69) is 35.6 Å². The van der Waals surface area contributed by atoms with Crippen LogP contribution in [-0.2, 0) is 9.59 Å². The van der Waals surface area contributed by atoms with Crippen LogP contribution in [-0.4, -0.2) is 70.9 Å². The molecule has 1 atom stereocenters. The number of carbonyl (C=O) groups excluding carboxylic acids is 2. The monoisotopic (exact) mass is 399 g/mol. The molecule has 2 amide bonds. The van der Waals surface area contributed by atoms with Gasteiger partial charge in [0.15, 0.2) is 0 Å². The molecular formula is C22H33N5O2. The molecule has 3 aliphatic rings. The summed E-state index contributed by atoms with van der Waals surface area (Å²) >= 11 is 0. The quantitative estimate of drug-likeness (QED) is 0.776. The average molecular weight is 400 g/mol. The Morgan fingerprint density at radius 2 is 1.79 bits per heavy atom. The number of rotatable bonds is 4. The van der Waals surface area contributed by atoms with Crippen molar-refractivity contribution in [1.82, 2.24) is 19.8 Å². The van der Waals surface area contributed by atoms with Gasteiger partial charge in [0.05, 0.1) is 5.41 Å². The largest absolute Gasteiger partial charge is 0.343 e. The van der Waals surface area contributed by atoms with E-state index in [1.807, 2.05) is 15.9 Å². The second-order valence-electron chi connectivity index (χ2n) is 9.38. The highest BCUT2D eigenvalue weighted by Crippen LogP contribution is 2.58. The predicted molar refractivity (Wildman–Crippen MR) is 111 cm³/mol. The summed E-state index contributed by atoms with van der Waals surface area (Å²) in [5.41, 5.74) is -0.489. The van der Waals surface area contributed by atoms with Gasteiger partial charge in [0.2, 0.25) is 17.8 Å². The summed E-state index contributed by atoms with van der Waals surface area (Å²) < 4.78 is 0. The molecule has 0 radical (unpaired) electrons. The topological polar surface area (TPSA) is 69.6 Å². The van der Waals surface area contributed by atoms with Gasteiger partial charge in [-0.05, 0) is 38.2 Å². The van der Waals surface area contributed by atoms with Gasteiger partial charge in [0, 0.05) is 63.5 Å². The Bertz CT molecular complexity index is 760. The fourth-order valence-electron chi connectivity index (χ4n) is 5.74. The average Bonchev–Trinajstić information content (AvgIpc) is 3.21. The first-order valence-electron chi connectivity index (χ1n) is 11.0. The van der Waals surface area contributed by atoms with Crippen LogP contribution in [0.25, 0.3) is 0 Å². The normalized spacial score (nSPS) is 26.3. The second-order valence-corrected chi connectivity index (χ2v) is 9.38. The van der Waals surface area contributed by atoms with Crippen LogP contribution < -0.4 is 4.90 Å². The minimum atomic E-state index is -0.380. The van der Waals surface area contributed by atoms with Gasteiger partial charge >= 0.3 is 0 Å². The third-order valence-electron chi connectivity index (χ3n) is 7.35. The summed E-state index contributed by atoms with van der Waals surface area (Å²) in [5, 5.41) is 0. The third kappa shape index (κ3) is 3.28. The highest BCUT2D eigenvalue weighted by atomic mass is 16.2. The molecule has 29 heavy (non-hydrogen) atoms. The summed E-state index contributed by atoms with van der Waals surface area (Å²) in [4.78, 5) is 41.3. The number of hydrogen-bond acceptors (Lipinski definition) is 5. The smallest absolute Gasteiger partial charge is 0.231 e. The molecule has 0 aromatic carbocycles. The molecule has 0 saturated carbocycles. The zero-order valence-corrected chi connectivity index (χ0v) is 17.9. The van der Waals surface area contributed by atoms with Gasteiger partial charge in [0.1, 0.15) is 0 Å². The molecule has 3 saturated heterocycles. The first-order chi connectivity index (χ1) is 13.9. The SMILES string of the molecule is CCN1CCC2(CN(c3ncccn3)CC23CCN(C(=O)CC(C)C)CC3)C1=O. The number of anilines is 1. The number of likely N-dealkylation sites (tertiary alicyclic amines) is 2. The zero-order valence-electron chi connectivity index (χ0n) is 17.9. The van der Waals surface area contributed by atoms with Gasteiger partial charge < -0.3 is 14.7 Å². The lowest BCUT2D eigenvalue weighted by Crippen LogP contribution is -2.53. The van der Waals surface area contributed by atoms with E-state index in [-0.39, 0.29) is 16.7 Å². The van der Waals surface area contributed by atoms with Crippen molar-refractivity contribution in [2.45, 2.75) is 46.5 Å². The summed E-state index contributed by atoms with van der Waals surface area (Å²) in [6, 6.07) is 1.82. The Kier molecular flexibility index (Phi) is 5.25. The van der Waals surface area contributed by atoms with Crippen molar-refractivity contribution >= 4 is 17.8 Å². The van der Waals surface area contributed by atoms with Crippen LogP contribution in [0.1, 0.15) is 46.5 Å². The minimum Gasteiger partial charge on any atom is -0.343 e. The maximum atomic E-state index is 13.5. The maximum Gasteiger partial charge on any atom is 0.231 e. The fourth-order valence-corrected chi connectivity index (χ4v) is 5.74. The number of aromatic nitrogens is 2. The molecule has 0 bridgehead atoms. The first kappa shape index (κ1) is 20.1. The summed E-state index contributed by atoms with van der Waals surface area (Å²) in [5.74, 6) is 1.62. The molecule has 3 fully saturated rings. The lowest BCUT2D eigenvalue weighted by Gasteiger charge is -2.46. The maximum absolute atomic E-state index is 13.5. The Morgan fingerprint density at radius 1 is 1.10 bits per heavy atom. The summed E-state index contributed by atoms with van der Waals surface area (Å²) in [6.45, 7) is 10.8. The van der Waals surface area contributed by atoms with E-state index < -0.39 is 0 Å². The molecule has 2 spiro atoms. The molecule has 158 valence electrons. The number of fused-ring (bicyclic) bond motifs is 1. The molecule has 0 aliphatic carbocycles. The van der Waals surface area contributed by atoms with Gasteiger partial charge in [-0.25, -0.2) is 9.97 Å². The number of carbonyl (C=O) groups is 2. The van der Waals surface area contributed by atoms with Gasteiger partial charge in [-0.1, -0.05) is 13.8 Å². The standard InChI is InChI=1S/C22H33N5O2/c1-4-25-13-8-22(19(25)29)16-27(20-23-9-5-10-24-20)15-21(22)6-11-26(12-7-21)18(28)14-17(2)3/h5,9-10,17H,4,6-8,11-16H2,1-3H3. The lowest BCUT2D eigenvalue weighted by molar-refractivity contribution is -0.144. The van der Waals surface area contributed by atoms with Crippen molar-refractivity contribution in [3.8, 4) is 0 Å². The van der Waals surface area contributed by atoms with Crippen molar-refractivity contribution in [2.24, 2.45) is 16.7 Å². The van der Waals surface area contributed by atoms with Crippen molar-refractivity contribution < 1.29 is 9.59 Å². The van der Waals surface area contributed by atoms with E-state index in [9.17, 15) is 9.59 Å². The Morgan fingerprint density at radius 3 is 2.38 bits per heavy atom. The van der Waals surface area contributed by atoms with Gasteiger partial charge in [-0.15, -0.1) is 0 Å². The van der Waals surface area contributed by atoms with Gasteiger partial charge in [0.25, 0.3) is 0 Å².